The predicted octanol–water partition coefficient (Wildman–Crippen LogP) is 1.36. The van der Waals surface area contributed by atoms with Crippen molar-refractivity contribution in [1.82, 2.24) is 5.32 Å². The van der Waals surface area contributed by atoms with E-state index in [1.807, 2.05) is 0 Å². The molecule has 1 rings (SSSR count). The Morgan fingerprint density at radius 1 is 1.42 bits per heavy atom. The zero-order valence-electron chi connectivity index (χ0n) is 9.68. The van der Waals surface area contributed by atoms with E-state index >= 15 is 0 Å². The molecular formula is C12H10ClN3O3. The Kier molecular flexibility index (Phi) is 5.38. The number of anilines is 1. The van der Waals surface area contributed by atoms with E-state index < -0.39 is 11.9 Å². The molecule has 1 aromatic carbocycles. The largest absolute Gasteiger partial charge is 0.480 e. The molecule has 0 heterocycles. The Hall–Kier alpha value is -2.52. The first-order chi connectivity index (χ1) is 9.04. The Morgan fingerprint density at radius 2 is 2.11 bits per heavy atom. The maximum atomic E-state index is 11.7. The summed E-state index contributed by atoms with van der Waals surface area (Å²) in [4.78, 5) is 22.0. The molecule has 0 aliphatic carbocycles. The van der Waals surface area contributed by atoms with Gasteiger partial charge >= 0.3 is 5.97 Å². The van der Waals surface area contributed by atoms with Gasteiger partial charge in [0.2, 0.25) is 0 Å². The van der Waals surface area contributed by atoms with Crippen molar-refractivity contribution >= 4 is 29.2 Å². The number of amides is 1. The first-order valence-corrected chi connectivity index (χ1v) is 5.53. The lowest BCUT2D eigenvalue weighted by molar-refractivity contribution is -0.135. The van der Waals surface area contributed by atoms with E-state index in [4.69, 9.17) is 22.0 Å². The van der Waals surface area contributed by atoms with Crippen LogP contribution in [0.1, 0.15) is 0 Å². The average Bonchev–Trinajstić information content (AvgIpc) is 2.37. The molecule has 0 fully saturated rings. The van der Waals surface area contributed by atoms with Gasteiger partial charge in [-0.15, -0.1) is 0 Å². The van der Waals surface area contributed by atoms with Gasteiger partial charge in [-0.2, -0.15) is 5.26 Å². The monoisotopic (exact) mass is 279 g/mol. The van der Waals surface area contributed by atoms with Crippen LogP contribution in [0.25, 0.3) is 0 Å². The molecule has 1 amide bonds. The number of benzene rings is 1. The highest BCUT2D eigenvalue weighted by Crippen LogP contribution is 2.20. The second-order valence-electron chi connectivity index (χ2n) is 3.38. The molecule has 0 aromatic heterocycles. The van der Waals surface area contributed by atoms with E-state index in [0.717, 1.165) is 6.20 Å². The number of carbonyl (C=O) groups is 2. The lowest BCUT2D eigenvalue weighted by Crippen LogP contribution is -2.20. The molecule has 0 aliphatic rings. The fraction of sp³-hybridized carbons (Fsp3) is 0.0833. The Bertz CT molecular complexity index is 564. The normalized spacial score (nSPS) is 10.4. The van der Waals surface area contributed by atoms with Crippen LogP contribution in [0.5, 0.6) is 0 Å². The van der Waals surface area contributed by atoms with Gasteiger partial charge in [0.25, 0.3) is 5.91 Å². The summed E-state index contributed by atoms with van der Waals surface area (Å²) in [5, 5.41) is 22.4. The van der Waals surface area contributed by atoms with Gasteiger partial charge in [0, 0.05) is 6.20 Å². The zero-order chi connectivity index (χ0) is 14.3. The van der Waals surface area contributed by atoms with Crippen molar-refractivity contribution in [3.8, 4) is 6.07 Å². The molecule has 0 spiro atoms. The fourth-order valence-electron chi connectivity index (χ4n) is 1.14. The molecule has 0 bridgehead atoms. The van der Waals surface area contributed by atoms with Crippen LogP contribution in [-0.4, -0.2) is 23.5 Å². The van der Waals surface area contributed by atoms with Crippen LogP contribution in [0.3, 0.4) is 0 Å². The maximum Gasteiger partial charge on any atom is 0.322 e. The summed E-state index contributed by atoms with van der Waals surface area (Å²) in [5.41, 5.74) is 0.120. The third-order valence-corrected chi connectivity index (χ3v) is 2.32. The Balaban J connectivity index is 2.73. The van der Waals surface area contributed by atoms with E-state index in [2.05, 4.69) is 10.6 Å². The number of halogens is 1. The molecular weight excluding hydrogens is 270 g/mol. The number of carboxylic acids is 1. The summed E-state index contributed by atoms with van der Waals surface area (Å²) in [6.07, 6.45) is 1.04. The number of carbonyl (C=O) groups excluding carboxylic acids is 1. The van der Waals surface area contributed by atoms with Crippen LogP contribution in [0, 0.1) is 11.3 Å². The van der Waals surface area contributed by atoms with Gasteiger partial charge in [0.1, 0.15) is 18.2 Å². The Labute approximate surface area is 114 Å². The lowest BCUT2D eigenvalue weighted by atomic mass is 10.2. The third kappa shape index (κ3) is 4.69. The highest BCUT2D eigenvalue weighted by Gasteiger charge is 2.10. The lowest BCUT2D eigenvalue weighted by Gasteiger charge is -2.06. The van der Waals surface area contributed by atoms with Gasteiger partial charge in [-0.25, -0.2) is 0 Å². The number of nitrogens with one attached hydrogen (secondary N) is 2. The second-order valence-corrected chi connectivity index (χ2v) is 3.79. The molecule has 19 heavy (non-hydrogen) atoms. The molecule has 7 heteroatoms. The summed E-state index contributed by atoms with van der Waals surface area (Å²) in [5.74, 6) is -1.77. The SMILES string of the molecule is N#C/C(=C/NCC(=O)O)C(=O)Nc1ccccc1Cl. The van der Waals surface area contributed by atoms with Gasteiger partial charge < -0.3 is 15.7 Å². The first-order valence-electron chi connectivity index (χ1n) is 5.16. The zero-order valence-corrected chi connectivity index (χ0v) is 10.4. The summed E-state index contributed by atoms with van der Waals surface area (Å²) < 4.78 is 0. The number of para-hydroxylation sites is 1. The molecule has 1 aromatic rings. The highest BCUT2D eigenvalue weighted by atomic mass is 35.5. The standard InChI is InChI=1S/C12H10ClN3O3/c13-9-3-1-2-4-10(9)16-12(19)8(5-14)6-15-7-11(17)18/h1-4,6,15H,7H2,(H,16,19)(H,17,18)/b8-6-. The van der Waals surface area contributed by atoms with E-state index in [1.54, 1.807) is 30.3 Å². The third-order valence-electron chi connectivity index (χ3n) is 1.99. The van der Waals surface area contributed by atoms with Crippen molar-refractivity contribution in [2.75, 3.05) is 11.9 Å². The van der Waals surface area contributed by atoms with E-state index in [-0.39, 0.29) is 12.1 Å². The van der Waals surface area contributed by atoms with Crippen LogP contribution in [0.2, 0.25) is 5.02 Å². The van der Waals surface area contributed by atoms with Crippen LogP contribution < -0.4 is 10.6 Å². The molecule has 0 saturated heterocycles. The van der Waals surface area contributed by atoms with Gasteiger partial charge in [0.15, 0.2) is 0 Å². The van der Waals surface area contributed by atoms with Crippen LogP contribution in [0.15, 0.2) is 36.0 Å². The number of nitriles is 1. The summed E-state index contributed by atoms with van der Waals surface area (Å²) in [6.45, 7) is -0.384. The molecule has 3 N–H and O–H groups in total. The number of carboxylic acid groups (broad SMARTS) is 1. The summed E-state index contributed by atoms with van der Waals surface area (Å²) in [6, 6.07) is 8.22. The second kappa shape index (κ2) is 7.03. The highest BCUT2D eigenvalue weighted by molar-refractivity contribution is 6.33. The molecule has 0 saturated carbocycles. The first kappa shape index (κ1) is 14.5. The van der Waals surface area contributed by atoms with Gasteiger partial charge in [-0.3, -0.25) is 9.59 Å². The molecule has 0 atom stereocenters. The fourth-order valence-corrected chi connectivity index (χ4v) is 1.32. The molecule has 98 valence electrons. The van der Waals surface area contributed by atoms with Crippen LogP contribution in [0.4, 0.5) is 5.69 Å². The molecule has 6 nitrogen and oxygen atoms in total. The minimum atomic E-state index is -1.10. The number of hydrogen-bond acceptors (Lipinski definition) is 4. The number of aliphatic carboxylic acids is 1. The van der Waals surface area contributed by atoms with Crippen molar-refractivity contribution in [2.45, 2.75) is 0 Å². The number of rotatable bonds is 5. The molecule has 0 radical (unpaired) electrons. The number of hydrogen-bond donors (Lipinski definition) is 3. The van der Waals surface area contributed by atoms with Crippen molar-refractivity contribution < 1.29 is 14.7 Å². The van der Waals surface area contributed by atoms with Crippen LogP contribution >= 0.6 is 11.6 Å². The minimum Gasteiger partial charge on any atom is -0.480 e. The minimum absolute atomic E-state index is 0.249. The maximum absolute atomic E-state index is 11.7. The Morgan fingerprint density at radius 3 is 2.68 bits per heavy atom. The van der Waals surface area contributed by atoms with E-state index in [1.165, 1.54) is 0 Å². The van der Waals surface area contributed by atoms with Crippen molar-refractivity contribution in [3.05, 3.63) is 41.1 Å². The van der Waals surface area contributed by atoms with E-state index in [9.17, 15) is 9.59 Å². The smallest absolute Gasteiger partial charge is 0.322 e. The van der Waals surface area contributed by atoms with Crippen molar-refractivity contribution in [1.29, 1.82) is 5.26 Å². The van der Waals surface area contributed by atoms with Gasteiger partial charge in [-0.05, 0) is 12.1 Å². The quantitative estimate of drug-likeness (QED) is 0.558. The van der Waals surface area contributed by atoms with E-state index in [0.29, 0.717) is 10.7 Å². The van der Waals surface area contributed by atoms with Crippen LogP contribution in [-0.2, 0) is 9.59 Å². The summed E-state index contributed by atoms with van der Waals surface area (Å²) in [7, 11) is 0. The number of nitrogens with zero attached hydrogens (tertiary/aromatic N) is 1. The molecule has 0 unspecified atom stereocenters. The van der Waals surface area contributed by atoms with Crippen molar-refractivity contribution in [3.63, 3.8) is 0 Å². The average molecular weight is 280 g/mol. The van der Waals surface area contributed by atoms with Gasteiger partial charge in [0.05, 0.1) is 10.7 Å². The molecule has 0 aliphatic heterocycles. The van der Waals surface area contributed by atoms with Gasteiger partial charge in [-0.1, -0.05) is 23.7 Å². The van der Waals surface area contributed by atoms with Crippen molar-refractivity contribution in [2.24, 2.45) is 0 Å². The topological polar surface area (TPSA) is 102 Å². The summed E-state index contributed by atoms with van der Waals surface area (Å²) >= 11 is 5.85. The predicted molar refractivity (Wildman–Crippen MR) is 69.4 cm³/mol.